The van der Waals surface area contributed by atoms with Gasteiger partial charge in [-0.3, -0.25) is 4.79 Å². The van der Waals surface area contributed by atoms with E-state index in [2.05, 4.69) is 24.1 Å². The number of nitrogens with zero attached hydrogens (tertiary/aromatic N) is 1. The zero-order valence-electron chi connectivity index (χ0n) is 11.4. The van der Waals surface area contributed by atoms with E-state index in [-0.39, 0.29) is 5.91 Å². The van der Waals surface area contributed by atoms with Gasteiger partial charge in [0.05, 0.1) is 10.2 Å². The van der Waals surface area contributed by atoms with Gasteiger partial charge in [0.15, 0.2) is 4.34 Å². The molecule has 1 heterocycles. The molecule has 0 saturated carbocycles. The van der Waals surface area contributed by atoms with Gasteiger partial charge in [-0.2, -0.15) is 0 Å². The highest BCUT2D eigenvalue weighted by molar-refractivity contribution is 8.00. The number of anilines is 1. The van der Waals surface area contributed by atoms with Gasteiger partial charge >= 0.3 is 0 Å². The van der Waals surface area contributed by atoms with Crippen LogP contribution < -0.4 is 5.32 Å². The van der Waals surface area contributed by atoms with Gasteiger partial charge in [0.1, 0.15) is 0 Å². The fourth-order valence-corrected chi connectivity index (χ4v) is 3.24. The van der Waals surface area contributed by atoms with E-state index >= 15 is 0 Å². The van der Waals surface area contributed by atoms with Gasteiger partial charge in [-0.05, 0) is 36.8 Å². The van der Waals surface area contributed by atoms with Gasteiger partial charge < -0.3 is 5.32 Å². The molecular weight excluding hydrogens is 276 g/mol. The third kappa shape index (κ3) is 3.94. The second kappa shape index (κ2) is 6.39. The van der Waals surface area contributed by atoms with Crippen LogP contribution in [0.25, 0.3) is 10.2 Å². The van der Waals surface area contributed by atoms with Crippen LogP contribution in [0.15, 0.2) is 22.5 Å². The molecule has 1 aromatic carbocycles. The zero-order chi connectivity index (χ0) is 13.8. The van der Waals surface area contributed by atoms with Crippen LogP contribution in [-0.4, -0.2) is 17.1 Å². The number of benzene rings is 1. The lowest BCUT2D eigenvalue weighted by molar-refractivity contribution is -0.116. The van der Waals surface area contributed by atoms with Gasteiger partial charge in [-0.15, -0.1) is 11.3 Å². The second-order valence-electron chi connectivity index (χ2n) is 4.85. The topological polar surface area (TPSA) is 42.0 Å². The number of hydrogen-bond acceptors (Lipinski definition) is 4. The normalized spacial score (nSPS) is 11.2. The van der Waals surface area contributed by atoms with E-state index < -0.39 is 0 Å². The number of hydrogen-bond donors (Lipinski definition) is 1. The first kappa shape index (κ1) is 14.3. The molecule has 0 radical (unpaired) electrons. The van der Waals surface area contributed by atoms with Crippen LogP contribution in [0.5, 0.6) is 0 Å². The molecule has 5 heteroatoms. The number of fused-ring (bicyclic) bond motifs is 1. The van der Waals surface area contributed by atoms with Crippen LogP contribution in [0, 0.1) is 5.92 Å². The van der Waals surface area contributed by atoms with Crippen molar-refractivity contribution in [3.63, 3.8) is 0 Å². The summed E-state index contributed by atoms with van der Waals surface area (Å²) < 4.78 is 2.17. The molecule has 1 aromatic heterocycles. The molecule has 2 aromatic rings. The number of carbonyl (C=O) groups excluding carboxylic acids is 1. The largest absolute Gasteiger partial charge is 0.326 e. The maximum absolute atomic E-state index is 11.8. The Hall–Kier alpha value is -1.07. The van der Waals surface area contributed by atoms with Gasteiger partial charge in [-0.25, -0.2) is 4.98 Å². The summed E-state index contributed by atoms with van der Waals surface area (Å²) in [4.78, 5) is 16.3. The van der Waals surface area contributed by atoms with Gasteiger partial charge in [-0.1, -0.05) is 25.6 Å². The van der Waals surface area contributed by atoms with Gasteiger partial charge in [0, 0.05) is 12.1 Å². The first-order valence-electron chi connectivity index (χ1n) is 6.33. The number of amides is 1. The summed E-state index contributed by atoms with van der Waals surface area (Å²) in [7, 11) is 0. The predicted octanol–water partition coefficient (Wildman–Crippen LogP) is 4.39. The molecule has 0 fully saturated rings. The quantitative estimate of drug-likeness (QED) is 0.831. The maximum Gasteiger partial charge on any atom is 0.224 e. The van der Waals surface area contributed by atoms with Crippen LogP contribution in [0.3, 0.4) is 0 Å². The van der Waals surface area contributed by atoms with E-state index in [1.165, 1.54) is 0 Å². The number of nitrogens with one attached hydrogen (secondary N) is 1. The molecule has 0 aliphatic rings. The fraction of sp³-hybridized carbons (Fsp3) is 0.429. The molecule has 0 aliphatic heterocycles. The first-order valence-corrected chi connectivity index (χ1v) is 8.37. The Morgan fingerprint density at radius 2 is 2.26 bits per heavy atom. The summed E-state index contributed by atoms with van der Waals surface area (Å²) in [5, 5.41) is 2.95. The number of rotatable bonds is 5. The Morgan fingerprint density at radius 3 is 2.95 bits per heavy atom. The summed E-state index contributed by atoms with van der Waals surface area (Å²) in [5.41, 5.74) is 1.85. The SMILES string of the molecule is CSc1nc2ccc(NC(=O)CCC(C)C)cc2s1. The molecule has 0 spiro atoms. The molecular formula is C14H18N2OS2. The zero-order valence-corrected chi connectivity index (χ0v) is 13.0. The lowest BCUT2D eigenvalue weighted by Gasteiger charge is -2.06. The maximum atomic E-state index is 11.8. The highest BCUT2D eigenvalue weighted by atomic mass is 32.2. The molecule has 0 saturated heterocycles. The molecule has 0 bridgehead atoms. The summed E-state index contributed by atoms with van der Waals surface area (Å²) in [6.07, 6.45) is 3.52. The summed E-state index contributed by atoms with van der Waals surface area (Å²) >= 11 is 3.30. The highest BCUT2D eigenvalue weighted by Gasteiger charge is 2.07. The van der Waals surface area contributed by atoms with Crippen molar-refractivity contribution in [1.82, 2.24) is 4.98 Å². The molecule has 0 unspecified atom stereocenters. The minimum absolute atomic E-state index is 0.0858. The molecule has 0 aliphatic carbocycles. The molecule has 3 nitrogen and oxygen atoms in total. The molecule has 1 N–H and O–H groups in total. The van der Waals surface area contributed by atoms with Gasteiger partial charge in [0.2, 0.25) is 5.91 Å². The van der Waals surface area contributed by atoms with E-state index in [4.69, 9.17) is 0 Å². The Bertz CT molecular complexity index is 578. The molecule has 1 amide bonds. The summed E-state index contributed by atoms with van der Waals surface area (Å²) in [6, 6.07) is 5.88. The third-order valence-electron chi connectivity index (χ3n) is 2.78. The minimum Gasteiger partial charge on any atom is -0.326 e. The first-order chi connectivity index (χ1) is 9.08. The van der Waals surface area contributed by atoms with E-state index in [9.17, 15) is 4.79 Å². The summed E-state index contributed by atoms with van der Waals surface area (Å²) in [5.74, 6) is 0.640. The van der Waals surface area contributed by atoms with Crippen molar-refractivity contribution in [2.45, 2.75) is 31.0 Å². The van der Waals surface area contributed by atoms with Crippen molar-refractivity contribution in [2.24, 2.45) is 5.92 Å². The fourth-order valence-electron chi connectivity index (χ4n) is 1.71. The predicted molar refractivity (Wildman–Crippen MR) is 84.1 cm³/mol. The van der Waals surface area contributed by atoms with Crippen molar-refractivity contribution in [3.05, 3.63) is 18.2 Å². The summed E-state index contributed by atoms with van der Waals surface area (Å²) in [6.45, 7) is 4.25. The number of aromatic nitrogens is 1. The number of carbonyl (C=O) groups is 1. The Labute approximate surface area is 121 Å². The monoisotopic (exact) mass is 294 g/mol. The van der Waals surface area contributed by atoms with Crippen LogP contribution in [0.2, 0.25) is 0 Å². The highest BCUT2D eigenvalue weighted by Crippen LogP contribution is 2.30. The third-order valence-corrected chi connectivity index (χ3v) is 4.78. The Kier molecular flexibility index (Phi) is 4.82. The second-order valence-corrected chi connectivity index (χ2v) is 6.93. The van der Waals surface area contributed by atoms with Crippen molar-refractivity contribution in [2.75, 3.05) is 11.6 Å². The van der Waals surface area contributed by atoms with Gasteiger partial charge in [0.25, 0.3) is 0 Å². The van der Waals surface area contributed by atoms with Crippen LogP contribution in [-0.2, 0) is 4.79 Å². The number of thiazole rings is 1. The average Bonchev–Trinajstić information content (AvgIpc) is 2.78. The molecule has 0 atom stereocenters. The van der Waals surface area contributed by atoms with E-state index in [1.54, 1.807) is 23.1 Å². The van der Waals surface area contributed by atoms with Crippen LogP contribution in [0.4, 0.5) is 5.69 Å². The smallest absolute Gasteiger partial charge is 0.224 e. The standard InChI is InChI=1S/C14H18N2OS2/c1-9(2)4-7-13(17)15-10-5-6-11-12(8-10)19-14(16-11)18-3/h5-6,8-9H,4,7H2,1-3H3,(H,15,17). The molecule has 102 valence electrons. The lowest BCUT2D eigenvalue weighted by Crippen LogP contribution is -2.11. The average molecular weight is 294 g/mol. The van der Waals surface area contributed by atoms with Crippen LogP contribution >= 0.6 is 23.1 Å². The Balaban J connectivity index is 2.06. The van der Waals surface area contributed by atoms with Crippen molar-refractivity contribution >= 4 is 44.9 Å². The number of thioether (sulfide) groups is 1. The van der Waals surface area contributed by atoms with Crippen molar-refractivity contribution in [3.8, 4) is 0 Å². The Morgan fingerprint density at radius 1 is 1.47 bits per heavy atom. The van der Waals surface area contributed by atoms with Crippen molar-refractivity contribution < 1.29 is 4.79 Å². The van der Waals surface area contributed by atoms with Crippen LogP contribution in [0.1, 0.15) is 26.7 Å². The molecule has 19 heavy (non-hydrogen) atoms. The van der Waals surface area contributed by atoms with E-state index in [1.807, 2.05) is 24.5 Å². The van der Waals surface area contributed by atoms with Crippen molar-refractivity contribution in [1.29, 1.82) is 0 Å². The van der Waals surface area contributed by atoms with E-state index in [0.29, 0.717) is 12.3 Å². The molecule has 2 rings (SSSR count). The van der Waals surface area contributed by atoms with E-state index in [0.717, 1.165) is 26.7 Å². The lowest BCUT2D eigenvalue weighted by atomic mass is 10.1. The minimum atomic E-state index is 0.0858.